The van der Waals surface area contributed by atoms with Gasteiger partial charge in [0.15, 0.2) is 0 Å². The van der Waals surface area contributed by atoms with E-state index in [0.29, 0.717) is 24.4 Å². The Balaban J connectivity index is 2.04. The summed E-state index contributed by atoms with van der Waals surface area (Å²) in [6.45, 7) is 5.44. The van der Waals surface area contributed by atoms with E-state index in [1.54, 1.807) is 6.07 Å². The molecular formula is C15H16FN3O. The summed E-state index contributed by atoms with van der Waals surface area (Å²) in [5.41, 5.74) is 0.814. The lowest BCUT2D eigenvalue weighted by molar-refractivity contribution is 0.0307. The first-order chi connectivity index (χ1) is 9.46. The Kier molecular flexibility index (Phi) is 2.76. The number of nitrogens with one attached hydrogen (secondary N) is 1. The van der Waals surface area contributed by atoms with Crippen molar-refractivity contribution in [1.29, 1.82) is 5.41 Å². The van der Waals surface area contributed by atoms with Crippen LogP contribution in [0.4, 0.5) is 10.2 Å². The molecule has 1 unspecified atom stereocenters. The van der Waals surface area contributed by atoms with E-state index in [-0.39, 0.29) is 11.4 Å². The molecule has 2 aliphatic rings. The number of nitrogens with zero attached hydrogens (tertiary/aromatic N) is 2. The summed E-state index contributed by atoms with van der Waals surface area (Å²) in [7, 11) is 0. The third kappa shape index (κ3) is 1.70. The zero-order chi connectivity index (χ0) is 14.5. The van der Waals surface area contributed by atoms with Gasteiger partial charge < -0.3 is 5.11 Å². The highest BCUT2D eigenvalue weighted by atomic mass is 19.1. The lowest BCUT2D eigenvalue weighted by atomic mass is 9.98. The molecule has 2 N–H and O–H groups in total. The van der Waals surface area contributed by atoms with Crippen molar-refractivity contribution in [2.45, 2.75) is 31.8 Å². The average Bonchev–Trinajstić information content (AvgIpc) is 2.92. The van der Waals surface area contributed by atoms with E-state index in [4.69, 9.17) is 5.41 Å². The molecule has 3 rings (SSSR count). The van der Waals surface area contributed by atoms with Crippen LogP contribution in [0.3, 0.4) is 0 Å². The first kappa shape index (κ1) is 13.0. The van der Waals surface area contributed by atoms with E-state index in [0.717, 1.165) is 12.0 Å². The molecule has 0 amide bonds. The summed E-state index contributed by atoms with van der Waals surface area (Å²) in [4.78, 5) is 5.81. The molecule has 0 bridgehead atoms. The third-order valence-electron chi connectivity index (χ3n) is 4.10. The van der Waals surface area contributed by atoms with Crippen molar-refractivity contribution in [3.63, 3.8) is 0 Å². The standard InChI is InChI=1S/C15H16FN3O/c1-3-15(20)7-6-10-4-5-12(18-13(10)15)19-8-11(16)9(2)14(19)17/h4-5,8,17,20H,2-3,6-7H2,1H3. The number of fused-ring (bicyclic) bond motifs is 1. The Bertz CT molecular complexity index is 653. The molecule has 0 aromatic carbocycles. The van der Waals surface area contributed by atoms with Crippen LogP contribution >= 0.6 is 0 Å². The highest BCUT2D eigenvalue weighted by Gasteiger charge is 2.37. The highest BCUT2D eigenvalue weighted by molar-refractivity contribution is 6.13. The fourth-order valence-electron chi connectivity index (χ4n) is 2.72. The molecule has 0 saturated carbocycles. The Morgan fingerprint density at radius 3 is 2.90 bits per heavy atom. The van der Waals surface area contributed by atoms with Gasteiger partial charge in [0.05, 0.1) is 5.69 Å². The van der Waals surface area contributed by atoms with Crippen molar-refractivity contribution in [2.75, 3.05) is 4.90 Å². The molecule has 5 heteroatoms. The van der Waals surface area contributed by atoms with E-state index in [1.807, 2.05) is 13.0 Å². The van der Waals surface area contributed by atoms with Gasteiger partial charge in [0.2, 0.25) is 0 Å². The minimum absolute atomic E-state index is 0.0204. The van der Waals surface area contributed by atoms with Gasteiger partial charge in [-0.3, -0.25) is 10.3 Å². The van der Waals surface area contributed by atoms with Crippen LogP contribution < -0.4 is 4.90 Å². The Morgan fingerprint density at radius 1 is 1.55 bits per heavy atom. The number of aromatic nitrogens is 1. The fourth-order valence-corrected chi connectivity index (χ4v) is 2.72. The van der Waals surface area contributed by atoms with Crippen LogP contribution in [-0.4, -0.2) is 15.9 Å². The maximum Gasteiger partial charge on any atom is 0.150 e. The maximum absolute atomic E-state index is 13.5. The molecule has 104 valence electrons. The van der Waals surface area contributed by atoms with Crippen molar-refractivity contribution in [2.24, 2.45) is 0 Å². The van der Waals surface area contributed by atoms with Gasteiger partial charge >= 0.3 is 0 Å². The average molecular weight is 273 g/mol. The van der Waals surface area contributed by atoms with E-state index < -0.39 is 11.4 Å². The van der Waals surface area contributed by atoms with Gasteiger partial charge in [0.1, 0.15) is 23.1 Å². The predicted molar refractivity (Wildman–Crippen MR) is 75.3 cm³/mol. The number of amidine groups is 1. The molecule has 4 nitrogen and oxygen atoms in total. The largest absolute Gasteiger partial charge is 0.384 e. The lowest BCUT2D eigenvalue weighted by Gasteiger charge is -2.22. The summed E-state index contributed by atoms with van der Waals surface area (Å²) in [5, 5.41) is 18.4. The first-order valence-electron chi connectivity index (χ1n) is 6.64. The molecule has 0 saturated heterocycles. The second-order valence-electron chi connectivity index (χ2n) is 5.24. The molecule has 0 spiro atoms. The second-order valence-corrected chi connectivity index (χ2v) is 5.24. The quantitative estimate of drug-likeness (QED) is 0.871. The van der Waals surface area contributed by atoms with Crippen LogP contribution in [0.1, 0.15) is 31.0 Å². The predicted octanol–water partition coefficient (Wildman–Crippen LogP) is 2.79. The molecule has 1 aromatic rings. The van der Waals surface area contributed by atoms with E-state index in [2.05, 4.69) is 11.6 Å². The van der Waals surface area contributed by atoms with E-state index in [1.165, 1.54) is 11.1 Å². The first-order valence-corrected chi connectivity index (χ1v) is 6.64. The molecule has 0 radical (unpaired) electrons. The number of hydrogen-bond donors (Lipinski definition) is 2. The van der Waals surface area contributed by atoms with Crippen LogP contribution in [-0.2, 0) is 12.0 Å². The monoisotopic (exact) mass is 273 g/mol. The number of pyridine rings is 1. The number of rotatable bonds is 2. The highest BCUT2D eigenvalue weighted by Crippen LogP contribution is 2.39. The molecule has 0 fully saturated rings. The zero-order valence-electron chi connectivity index (χ0n) is 11.3. The second kappa shape index (κ2) is 4.24. The Labute approximate surface area is 116 Å². The van der Waals surface area contributed by atoms with E-state index in [9.17, 15) is 9.50 Å². The number of aryl methyl sites for hydroxylation is 1. The summed E-state index contributed by atoms with van der Waals surface area (Å²) < 4.78 is 13.5. The van der Waals surface area contributed by atoms with Gasteiger partial charge in [-0.1, -0.05) is 19.6 Å². The van der Waals surface area contributed by atoms with Gasteiger partial charge in [0, 0.05) is 11.8 Å². The molecule has 2 heterocycles. The molecule has 1 aliphatic carbocycles. The normalized spacial score (nSPS) is 25.1. The van der Waals surface area contributed by atoms with Crippen molar-refractivity contribution in [3.05, 3.63) is 47.6 Å². The molecule has 20 heavy (non-hydrogen) atoms. The van der Waals surface area contributed by atoms with Crippen LogP contribution in [0.25, 0.3) is 0 Å². The van der Waals surface area contributed by atoms with Crippen LogP contribution in [0.5, 0.6) is 0 Å². The van der Waals surface area contributed by atoms with Gasteiger partial charge in [0.25, 0.3) is 0 Å². The molecule has 1 aliphatic heterocycles. The minimum atomic E-state index is -0.910. The number of halogens is 1. The summed E-state index contributed by atoms with van der Waals surface area (Å²) in [6, 6.07) is 3.64. The van der Waals surface area contributed by atoms with Crippen LogP contribution in [0.15, 0.2) is 36.3 Å². The smallest absolute Gasteiger partial charge is 0.150 e. The summed E-state index contributed by atoms with van der Waals surface area (Å²) in [5.74, 6) is -0.104. The Morgan fingerprint density at radius 2 is 2.30 bits per heavy atom. The van der Waals surface area contributed by atoms with Crippen molar-refractivity contribution in [1.82, 2.24) is 4.98 Å². The van der Waals surface area contributed by atoms with Gasteiger partial charge in [-0.05, 0) is 30.9 Å². The fraction of sp³-hybridized carbons (Fsp3) is 0.333. The number of anilines is 1. The Hall–Kier alpha value is -2.01. The van der Waals surface area contributed by atoms with Gasteiger partial charge in [-0.15, -0.1) is 0 Å². The van der Waals surface area contributed by atoms with Crippen molar-refractivity contribution < 1.29 is 9.50 Å². The van der Waals surface area contributed by atoms with Crippen LogP contribution in [0.2, 0.25) is 0 Å². The topological polar surface area (TPSA) is 60.2 Å². The summed E-state index contributed by atoms with van der Waals surface area (Å²) in [6.07, 6.45) is 3.25. The van der Waals surface area contributed by atoms with Crippen LogP contribution in [0, 0.1) is 5.41 Å². The zero-order valence-corrected chi connectivity index (χ0v) is 11.3. The summed E-state index contributed by atoms with van der Waals surface area (Å²) >= 11 is 0. The molecule has 1 aromatic heterocycles. The number of aliphatic hydroxyl groups is 1. The van der Waals surface area contributed by atoms with Crippen molar-refractivity contribution in [3.8, 4) is 0 Å². The van der Waals surface area contributed by atoms with Crippen molar-refractivity contribution >= 4 is 11.7 Å². The third-order valence-corrected chi connectivity index (χ3v) is 4.10. The SMILES string of the molecule is C=C1C(=N)N(c2ccc3c(n2)C(O)(CC)CC3)C=C1F. The molecular weight excluding hydrogens is 257 g/mol. The van der Waals surface area contributed by atoms with Gasteiger partial charge in [-0.2, -0.15) is 0 Å². The van der Waals surface area contributed by atoms with Gasteiger partial charge in [-0.25, -0.2) is 9.37 Å². The molecule has 1 atom stereocenters. The number of hydrogen-bond acceptors (Lipinski definition) is 3. The minimum Gasteiger partial charge on any atom is -0.384 e. The lowest BCUT2D eigenvalue weighted by Crippen LogP contribution is -2.25. The van der Waals surface area contributed by atoms with E-state index >= 15 is 0 Å². The maximum atomic E-state index is 13.5.